The number of halogens is 1. The van der Waals surface area contributed by atoms with Crippen LogP contribution in [0.1, 0.15) is 51.1 Å². The Labute approximate surface area is 127 Å². The number of anilines is 1. The van der Waals surface area contributed by atoms with Crippen molar-refractivity contribution in [2.75, 3.05) is 24.6 Å². The zero-order chi connectivity index (χ0) is 15.2. The van der Waals surface area contributed by atoms with Crippen molar-refractivity contribution in [3.05, 3.63) is 29.6 Å². The highest BCUT2D eigenvalue weighted by atomic mass is 19.1. The van der Waals surface area contributed by atoms with E-state index in [1.807, 2.05) is 13.0 Å². The molecule has 0 heterocycles. The molecule has 1 aromatic rings. The molecule has 1 aromatic carbocycles. The third-order valence-corrected chi connectivity index (χ3v) is 4.33. The quantitative estimate of drug-likeness (QED) is 0.772. The van der Waals surface area contributed by atoms with Gasteiger partial charge in [0.1, 0.15) is 5.82 Å². The maximum atomic E-state index is 14.4. The first kappa shape index (κ1) is 16.2. The van der Waals surface area contributed by atoms with Crippen LogP contribution < -0.4 is 10.2 Å². The summed E-state index contributed by atoms with van der Waals surface area (Å²) in [6.45, 7) is 5.66. The molecule has 1 aliphatic rings. The van der Waals surface area contributed by atoms with Crippen molar-refractivity contribution in [3.8, 4) is 0 Å². The first-order chi connectivity index (χ1) is 10.2. The molecule has 1 fully saturated rings. The molecular formula is C17H27FN2O. The highest BCUT2D eigenvalue weighted by Gasteiger charge is 2.28. The van der Waals surface area contributed by atoms with Gasteiger partial charge in [-0.15, -0.1) is 0 Å². The van der Waals surface area contributed by atoms with E-state index in [0.29, 0.717) is 12.6 Å². The van der Waals surface area contributed by atoms with Crippen molar-refractivity contribution in [1.82, 2.24) is 5.32 Å². The van der Waals surface area contributed by atoms with Gasteiger partial charge < -0.3 is 15.3 Å². The van der Waals surface area contributed by atoms with Crippen LogP contribution in [-0.4, -0.2) is 30.8 Å². The fourth-order valence-corrected chi connectivity index (χ4v) is 2.97. The number of rotatable bonds is 8. The minimum atomic E-state index is -0.161. The van der Waals surface area contributed by atoms with Crippen LogP contribution in [-0.2, 0) is 0 Å². The number of aliphatic hydroxyl groups is 1. The second-order valence-corrected chi connectivity index (χ2v) is 5.85. The predicted molar refractivity (Wildman–Crippen MR) is 85.2 cm³/mol. The third kappa shape index (κ3) is 3.74. The topological polar surface area (TPSA) is 35.5 Å². The van der Waals surface area contributed by atoms with Crippen LogP contribution in [0.25, 0.3) is 0 Å². The first-order valence-corrected chi connectivity index (χ1v) is 8.08. The number of aliphatic hydroxyl groups excluding tert-OH is 1. The van der Waals surface area contributed by atoms with Gasteiger partial charge in [-0.3, -0.25) is 0 Å². The molecule has 0 amide bonds. The Morgan fingerprint density at radius 2 is 2.19 bits per heavy atom. The molecule has 4 heteroatoms. The van der Waals surface area contributed by atoms with Gasteiger partial charge >= 0.3 is 0 Å². The van der Waals surface area contributed by atoms with Gasteiger partial charge in [0.05, 0.1) is 6.61 Å². The third-order valence-electron chi connectivity index (χ3n) is 4.33. The normalized spacial score (nSPS) is 16.6. The minimum Gasteiger partial charge on any atom is -0.395 e. The van der Waals surface area contributed by atoms with Gasteiger partial charge in [-0.2, -0.15) is 0 Å². The monoisotopic (exact) mass is 294 g/mol. The van der Waals surface area contributed by atoms with Gasteiger partial charge in [-0.25, -0.2) is 4.39 Å². The molecule has 0 aliphatic heterocycles. The van der Waals surface area contributed by atoms with Gasteiger partial charge in [0.15, 0.2) is 0 Å². The van der Waals surface area contributed by atoms with Crippen LogP contribution in [0.2, 0.25) is 0 Å². The Morgan fingerprint density at radius 3 is 2.76 bits per heavy atom. The number of nitrogens with one attached hydrogen (secondary N) is 1. The number of benzene rings is 1. The van der Waals surface area contributed by atoms with Crippen LogP contribution in [0, 0.1) is 5.82 Å². The SMILES string of the molecule is CCCNC(C)c1c(F)cccc1N(CCO)C1CCC1. The lowest BCUT2D eigenvalue weighted by Crippen LogP contribution is -2.43. The number of nitrogens with zero attached hydrogens (tertiary/aromatic N) is 1. The minimum absolute atomic E-state index is 0.0255. The molecule has 1 unspecified atom stereocenters. The molecule has 2 rings (SSSR count). The fourth-order valence-electron chi connectivity index (χ4n) is 2.97. The van der Waals surface area contributed by atoms with Crippen LogP contribution in [0.15, 0.2) is 18.2 Å². The van der Waals surface area contributed by atoms with E-state index in [-0.39, 0.29) is 18.5 Å². The number of hydrogen-bond donors (Lipinski definition) is 2. The van der Waals surface area contributed by atoms with Crippen molar-refractivity contribution in [2.45, 2.75) is 51.6 Å². The van der Waals surface area contributed by atoms with E-state index in [1.165, 1.54) is 12.5 Å². The zero-order valence-corrected chi connectivity index (χ0v) is 13.1. The molecular weight excluding hydrogens is 267 g/mol. The smallest absolute Gasteiger partial charge is 0.130 e. The van der Waals surface area contributed by atoms with Crippen LogP contribution in [0.4, 0.5) is 10.1 Å². The molecule has 21 heavy (non-hydrogen) atoms. The predicted octanol–water partition coefficient (Wildman–Crippen LogP) is 3.24. The summed E-state index contributed by atoms with van der Waals surface area (Å²) in [5, 5.41) is 12.7. The van der Waals surface area contributed by atoms with Crippen molar-refractivity contribution >= 4 is 5.69 Å². The lowest BCUT2D eigenvalue weighted by molar-refractivity contribution is 0.283. The van der Waals surface area contributed by atoms with Gasteiger partial charge in [0.25, 0.3) is 0 Å². The van der Waals surface area contributed by atoms with Crippen LogP contribution >= 0.6 is 0 Å². The van der Waals surface area contributed by atoms with E-state index in [1.54, 1.807) is 6.07 Å². The maximum Gasteiger partial charge on any atom is 0.130 e. The molecule has 0 saturated heterocycles. The Hall–Kier alpha value is -1.13. The summed E-state index contributed by atoms with van der Waals surface area (Å²) in [4.78, 5) is 2.19. The molecule has 0 bridgehead atoms. The largest absolute Gasteiger partial charge is 0.395 e. The summed E-state index contributed by atoms with van der Waals surface area (Å²) < 4.78 is 14.4. The lowest BCUT2D eigenvalue weighted by Gasteiger charge is -2.40. The Balaban J connectivity index is 2.29. The van der Waals surface area contributed by atoms with E-state index in [9.17, 15) is 9.50 Å². The average Bonchev–Trinajstić information content (AvgIpc) is 2.42. The summed E-state index contributed by atoms with van der Waals surface area (Å²) in [6, 6.07) is 5.69. The van der Waals surface area contributed by atoms with E-state index in [2.05, 4.69) is 17.1 Å². The van der Waals surface area contributed by atoms with E-state index in [0.717, 1.165) is 37.1 Å². The van der Waals surface area contributed by atoms with E-state index >= 15 is 0 Å². The summed E-state index contributed by atoms with van der Waals surface area (Å²) in [6.07, 6.45) is 4.51. The van der Waals surface area contributed by atoms with Crippen molar-refractivity contribution in [2.24, 2.45) is 0 Å². The van der Waals surface area contributed by atoms with E-state index in [4.69, 9.17) is 0 Å². The molecule has 0 radical (unpaired) electrons. The second-order valence-electron chi connectivity index (χ2n) is 5.85. The average molecular weight is 294 g/mol. The number of hydrogen-bond acceptors (Lipinski definition) is 3. The zero-order valence-electron chi connectivity index (χ0n) is 13.1. The molecule has 2 N–H and O–H groups in total. The van der Waals surface area contributed by atoms with Gasteiger partial charge in [-0.05, 0) is 51.3 Å². The molecule has 0 aromatic heterocycles. The standard InChI is InChI=1S/C17H27FN2O/c1-3-10-19-13(2)17-15(18)8-5-9-16(17)20(11-12-21)14-6-4-7-14/h5,8-9,13-14,19,21H,3-4,6-7,10-12H2,1-2H3. The van der Waals surface area contributed by atoms with Gasteiger partial charge in [0.2, 0.25) is 0 Å². The Bertz CT molecular complexity index is 448. The second kappa shape index (κ2) is 7.76. The molecule has 1 atom stereocenters. The van der Waals surface area contributed by atoms with Crippen molar-refractivity contribution in [3.63, 3.8) is 0 Å². The van der Waals surface area contributed by atoms with Crippen LogP contribution in [0.5, 0.6) is 0 Å². The molecule has 1 aliphatic carbocycles. The molecule has 118 valence electrons. The van der Waals surface area contributed by atoms with Gasteiger partial charge in [-0.1, -0.05) is 13.0 Å². The molecule has 0 spiro atoms. The van der Waals surface area contributed by atoms with E-state index < -0.39 is 0 Å². The lowest BCUT2D eigenvalue weighted by atomic mass is 9.90. The molecule has 1 saturated carbocycles. The highest BCUT2D eigenvalue weighted by molar-refractivity contribution is 5.56. The van der Waals surface area contributed by atoms with Crippen molar-refractivity contribution < 1.29 is 9.50 Å². The summed E-state index contributed by atoms with van der Waals surface area (Å²) in [7, 11) is 0. The first-order valence-electron chi connectivity index (χ1n) is 8.08. The highest BCUT2D eigenvalue weighted by Crippen LogP contribution is 2.35. The van der Waals surface area contributed by atoms with Gasteiger partial charge in [0, 0.05) is 29.9 Å². The van der Waals surface area contributed by atoms with Crippen molar-refractivity contribution in [1.29, 1.82) is 0 Å². The summed E-state index contributed by atoms with van der Waals surface area (Å²) >= 11 is 0. The Kier molecular flexibility index (Phi) is 6.00. The Morgan fingerprint density at radius 1 is 1.43 bits per heavy atom. The summed E-state index contributed by atoms with van der Waals surface area (Å²) in [5.74, 6) is -0.161. The van der Waals surface area contributed by atoms with Crippen LogP contribution in [0.3, 0.4) is 0 Å². The maximum absolute atomic E-state index is 14.4. The summed E-state index contributed by atoms with van der Waals surface area (Å²) in [5.41, 5.74) is 1.66. The molecule has 3 nitrogen and oxygen atoms in total. The fraction of sp³-hybridized carbons (Fsp3) is 0.647.